The summed E-state index contributed by atoms with van der Waals surface area (Å²) in [5.41, 5.74) is 1.83. The Morgan fingerprint density at radius 1 is 1.40 bits per heavy atom. The SMILES string of the molecule is Cn1c(C[C@H]2CCN(C(=O)NCc3ccco3)C2)nc2cccnc21. The Labute approximate surface area is 145 Å². The highest BCUT2D eigenvalue weighted by molar-refractivity contribution is 5.74. The monoisotopic (exact) mass is 339 g/mol. The molecule has 7 nitrogen and oxygen atoms in total. The lowest BCUT2D eigenvalue weighted by Gasteiger charge is -2.17. The molecule has 1 fully saturated rings. The van der Waals surface area contributed by atoms with Gasteiger partial charge in [0.2, 0.25) is 0 Å². The number of nitrogens with one attached hydrogen (secondary N) is 1. The predicted molar refractivity (Wildman–Crippen MR) is 92.8 cm³/mol. The number of pyridine rings is 1. The summed E-state index contributed by atoms with van der Waals surface area (Å²) in [4.78, 5) is 23.2. The molecule has 1 saturated heterocycles. The van der Waals surface area contributed by atoms with Gasteiger partial charge in [0.15, 0.2) is 5.65 Å². The van der Waals surface area contributed by atoms with Crippen LogP contribution in [0, 0.1) is 5.92 Å². The molecule has 1 atom stereocenters. The lowest BCUT2D eigenvalue weighted by molar-refractivity contribution is 0.205. The zero-order valence-electron chi connectivity index (χ0n) is 14.2. The van der Waals surface area contributed by atoms with E-state index in [-0.39, 0.29) is 6.03 Å². The van der Waals surface area contributed by atoms with Crippen molar-refractivity contribution in [1.82, 2.24) is 24.8 Å². The topological polar surface area (TPSA) is 76.2 Å². The van der Waals surface area contributed by atoms with Gasteiger partial charge in [-0.05, 0) is 36.6 Å². The van der Waals surface area contributed by atoms with Crippen molar-refractivity contribution < 1.29 is 9.21 Å². The molecule has 2 amide bonds. The van der Waals surface area contributed by atoms with Crippen LogP contribution in [0.4, 0.5) is 4.79 Å². The highest BCUT2D eigenvalue weighted by Crippen LogP contribution is 2.22. The summed E-state index contributed by atoms with van der Waals surface area (Å²) in [5.74, 6) is 2.21. The van der Waals surface area contributed by atoms with E-state index in [1.165, 1.54) is 0 Å². The smallest absolute Gasteiger partial charge is 0.317 e. The van der Waals surface area contributed by atoms with Crippen LogP contribution in [0.1, 0.15) is 18.0 Å². The number of carbonyl (C=O) groups is 1. The molecule has 0 spiro atoms. The Hall–Kier alpha value is -2.83. The number of hydrogen-bond acceptors (Lipinski definition) is 4. The number of aromatic nitrogens is 3. The number of urea groups is 1. The summed E-state index contributed by atoms with van der Waals surface area (Å²) in [7, 11) is 2.00. The van der Waals surface area contributed by atoms with Gasteiger partial charge in [-0.15, -0.1) is 0 Å². The molecule has 3 aromatic rings. The van der Waals surface area contributed by atoms with Crippen LogP contribution in [0.2, 0.25) is 0 Å². The molecule has 0 unspecified atom stereocenters. The Bertz CT molecular complexity index is 871. The van der Waals surface area contributed by atoms with E-state index in [9.17, 15) is 4.79 Å². The van der Waals surface area contributed by atoms with Crippen LogP contribution in [0.15, 0.2) is 41.1 Å². The van der Waals surface area contributed by atoms with E-state index in [2.05, 4.69) is 19.9 Å². The lowest BCUT2D eigenvalue weighted by atomic mass is 10.0. The second kappa shape index (κ2) is 6.58. The first kappa shape index (κ1) is 15.7. The van der Waals surface area contributed by atoms with Gasteiger partial charge in [0.25, 0.3) is 0 Å². The molecule has 0 saturated carbocycles. The minimum atomic E-state index is -0.0365. The van der Waals surface area contributed by atoms with Gasteiger partial charge in [-0.3, -0.25) is 0 Å². The number of carbonyl (C=O) groups excluding carboxylic acids is 1. The normalized spacial score (nSPS) is 17.3. The van der Waals surface area contributed by atoms with Crippen molar-refractivity contribution in [3.63, 3.8) is 0 Å². The number of nitrogens with zero attached hydrogens (tertiary/aromatic N) is 4. The summed E-state index contributed by atoms with van der Waals surface area (Å²) in [6.45, 7) is 1.95. The standard InChI is InChI=1S/C18H21N5O2/c1-22-16(21-15-5-2-7-19-17(15)22)10-13-6-8-23(12-13)18(24)20-11-14-4-3-9-25-14/h2-5,7,9,13H,6,8,10-12H2,1H3,(H,20,24)/t13-/m1/s1. The number of rotatable bonds is 4. The van der Waals surface area contributed by atoms with Crippen molar-refractivity contribution in [2.45, 2.75) is 19.4 Å². The minimum Gasteiger partial charge on any atom is -0.467 e. The molecule has 1 N–H and O–H groups in total. The first-order chi connectivity index (χ1) is 12.2. The Balaban J connectivity index is 1.35. The zero-order chi connectivity index (χ0) is 17.2. The van der Waals surface area contributed by atoms with E-state index in [1.807, 2.05) is 36.2 Å². The van der Waals surface area contributed by atoms with Gasteiger partial charge in [0.05, 0.1) is 12.8 Å². The summed E-state index contributed by atoms with van der Waals surface area (Å²) < 4.78 is 7.29. The quantitative estimate of drug-likeness (QED) is 0.791. The number of aryl methyl sites for hydroxylation is 1. The maximum atomic E-state index is 12.3. The van der Waals surface area contributed by atoms with Gasteiger partial charge in [-0.1, -0.05) is 0 Å². The molecular weight excluding hydrogens is 318 g/mol. The molecule has 4 rings (SSSR count). The fourth-order valence-electron chi connectivity index (χ4n) is 3.38. The summed E-state index contributed by atoms with van der Waals surface area (Å²) in [6.07, 6.45) is 5.24. The van der Waals surface area contributed by atoms with Gasteiger partial charge in [0.1, 0.15) is 17.1 Å². The molecule has 0 aromatic carbocycles. The molecule has 25 heavy (non-hydrogen) atoms. The number of amides is 2. The number of imidazole rings is 1. The Kier molecular flexibility index (Phi) is 4.13. The molecule has 3 aromatic heterocycles. The lowest BCUT2D eigenvalue weighted by Crippen LogP contribution is -2.38. The fraction of sp³-hybridized carbons (Fsp3) is 0.389. The van der Waals surface area contributed by atoms with Crippen molar-refractivity contribution in [1.29, 1.82) is 0 Å². The molecular formula is C18H21N5O2. The summed E-state index contributed by atoms with van der Waals surface area (Å²) in [5, 5.41) is 2.91. The maximum Gasteiger partial charge on any atom is 0.317 e. The molecule has 4 heterocycles. The Morgan fingerprint density at radius 3 is 3.12 bits per heavy atom. The van der Waals surface area contributed by atoms with Crippen LogP contribution in [-0.4, -0.2) is 38.6 Å². The first-order valence-electron chi connectivity index (χ1n) is 8.52. The average Bonchev–Trinajstić information content (AvgIpc) is 3.35. The summed E-state index contributed by atoms with van der Waals surface area (Å²) in [6, 6.07) is 7.52. The highest BCUT2D eigenvalue weighted by atomic mass is 16.3. The van der Waals surface area contributed by atoms with Crippen LogP contribution < -0.4 is 5.32 Å². The molecule has 130 valence electrons. The van der Waals surface area contributed by atoms with Gasteiger partial charge < -0.3 is 19.2 Å². The van der Waals surface area contributed by atoms with E-state index >= 15 is 0 Å². The van der Waals surface area contributed by atoms with Crippen molar-refractivity contribution >= 4 is 17.2 Å². The third kappa shape index (κ3) is 3.22. The van der Waals surface area contributed by atoms with Crippen molar-refractivity contribution in [3.05, 3.63) is 48.3 Å². The van der Waals surface area contributed by atoms with Crippen LogP contribution in [0.25, 0.3) is 11.2 Å². The molecule has 1 aliphatic heterocycles. The predicted octanol–water partition coefficient (Wildman–Crippen LogP) is 2.34. The van der Waals surface area contributed by atoms with E-state index in [1.54, 1.807) is 12.5 Å². The second-order valence-electron chi connectivity index (χ2n) is 6.48. The largest absolute Gasteiger partial charge is 0.467 e. The molecule has 0 radical (unpaired) electrons. The van der Waals surface area contributed by atoms with E-state index in [0.717, 1.165) is 48.7 Å². The molecule has 0 aliphatic carbocycles. The van der Waals surface area contributed by atoms with E-state index in [0.29, 0.717) is 12.5 Å². The average molecular weight is 339 g/mol. The third-order valence-corrected chi connectivity index (χ3v) is 4.76. The first-order valence-corrected chi connectivity index (χ1v) is 8.52. The number of likely N-dealkylation sites (tertiary alicyclic amines) is 1. The summed E-state index contributed by atoms with van der Waals surface area (Å²) >= 11 is 0. The van der Waals surface area contributed by atoms with Crippen LogP contribution >= 0.6 is 0 Å². The zero-order valence-corrected chi connectivity index (χ0v) is 14.2. The van der Waals surface area contributed by atoms with Crippen LogP contribution in [0.5, 0.6) is 0 Å². The van der Waals surface area contributed by atoms with Gasteiger partial charge in [-0.25, -0.2) is 14.8 Å². The highest BCUT2D eigenvalue weighted by Gasteiger charge is 2.27. The van der Waals surface area contributed by atoms with Crippen molar-refractivity contribution in [3.8, 4) is 0 Å². The Morgan fingerprint density at radius 2 is 2.32 bits per heavy atom. The molecule has 0 bridgehead atoms. The maximum absolute atomic E-state index is 12.3. The van der Waals surface area contributed by atoms with E-state index < -0.39 is 0 Å². The minimum absolute atomic E-state index is 0.0365. The van der Waals surface area contributed by atoms with Crippen molar-refractivity contribution in [2.75, 3.05) is 13.1 Å². The number of hydrogen-bond donors (Lipinski definition) is 1. The molecule has 1 aliphatic rings. The van der Waals surface area contributed by atoms with Gasteiger partial charge in [-0.2, -0.15) is 0 Å². The second-order valence-corrected chi connectivity index (χ2v) is 6.48. The van der Waals surface area contributed by atoms with Crippen LogP contribution in [0.3, 0.4) is 0 Å². The van der Waals surface area contributed by atoms with Gasteiger partial charge in [0, 0.05) is 32.8 Å². The molecule has 7 heteroatoms. The van der Waals surface area contributed by atoms with Crippen LogP contribution in [-0.2, 0) is 20.0 Å². The number of furan rings is 1. The fourth-order valence-corrected chi connectivity index (χ4v) is 3.38. The van der Waals surface area contributed by atoms with Gasteiger partial charge >= 0.3 is 6.03 Å². The number of fused-ring (bicyclic) bond motifs is 1. The van der Waals surface area contributed by atoms with Crippen molar-refractivity contribution in [2.24, 2.45) is 13.0 Å². The van der Waals surface area contributed by atoms with E-state index in [4.69, 9.17) is 4.42 Å². The third-order valence-electron chi connectivity index (χ3n) is 4.76.